The third-order valence-corrected chi connectivity index (χ3v) is 3.78. The molecule has 0 atom stereocenters. The molecule has 0 aliphatic rings. The van der Waals surface area contributed by atoms with Gasteiger partial charge in [-0.2, -0.15) is 5.10 Å². The molecule has 2 aromatic rings. The van der Waals surface area contributed by atoms with Gasteiger partial charge in [-0.15, -0.1) is 10.2 Å². The van der Waals surface area contributed by atoms with Crippen LogP contribution in [0.15, 0.2) is 52.2 Å². The number of hydrogen-bond donors (Lipinski definition) is 5. The van der Waals surface area contributed by atoms with Crippen molar-refractivity contribution >= 4 is 36.0 Å². The molecule has 0 saturated carbocycles. The molecule has 35 heavy (non-hydrogen) atoms. The molecule has 0 radical (unpaired) electrons. The van der Waals surface area contributed by atoms with Crippen LogP contribution >= 0.6 is 11.6 Å². The summed E-state index contributed by atoms with van der Waals surface area (Å²) in [6.45, 7) is 6.97. The second-order valence-electron chi connectivity index (χ2n) is 6.39. The third-order valence-electron chi connectivity index (χ3n) is 3.46. The number of nitrogens with two attached hydrogens (primary N) is 3. The monoisotopic (exact) mass is 508 g/mol. The molecule has 13 nitrogen and oxygen atoms in total. The van der Waals surface area contributed by atoms with Gasteiger partial charge in [0.15, 0.2) is 0 Å². The number of nitrogens with one attached hydrogen (secondary N) is 2. The summed E-state index contributed by atoms with van der Waals surface area (Å²) < 4.78 is 0. The van der Waals surface area contributed by atoms with Crippen LogP contribution in [-0.2, 0) is 9.68 Å². The molecule has 8 N–H and O–H groups in total. The van der Waals surface area contributed by atoms with Crippen molar-refractivity contribution in [3.05, 3.63) is 58.6 Å². The number of pyridine rings is 2. The number of aryl methyl sites for hydroxylation is 1. The summed E-state index contributed by atoms with van der Waals surface area (Å²) in [5.41, 5.74) is 17.7. The van der Waals surface area contributed by atoms with Gasteiger partial charge in [0.05, 0.1) is 24.5 Å². The number of carbonyl (C=O) groups excluding carboxylic acids is 1. The number of aromatic nitrogens is 2. The van der Waals surface area contributed by atoms with Gasteiger partial charge in [0.1, 0.15) is 6.29 Å². The zero-order valence-electron chi connectivity index (χ0n) is 20.0. The SMILES string of the molecule is CCCONC(N)=N/N=C/c1ccncc1Cl.CCCONC(N)=NN.Cc1cnccc1C=O. The molecule has 0 saturated heterocycles. The average Bonchev–Trinajstić information content (AvgIpc) is 2.86. The molecular formula is C21H33ClN10O3. The summed E-state index contributed by atoms with van der Waals surface area (Å²) in [5, 5.41) is 11.1. The van der Waals surface area contributed by atoms with E-state index in [1.165, 1.54) is 12.4 Å². The predicted molar refractivity (Wildman–Crippen MR) is 137 cm³/mol. The first-order chi connectivity index (χ1) is 16.9. The number of hydrogen-bond acceptors (Lipinski definition) is 9. The Labute approximate surface area is 209 Å². The standard InChI is InChI=1S/C10H14ClN5O.C7H7NO.C4H12N4O/c1-2-5-17-16-10(12)15-14-6-8-3-4-13-7-9(8)11;1-6-4-8-3-2-7(6)5-9;1-2-3-9-8-4(5)7-6/h3-4,6-7H,2,5H2,1H3,(H3,12,15,16);2-5H,1H3;2-3,6H2,1H3,(H3,5,7,8)/b14-6+;;. The normalized spacial score (nSPS) is 11.1. The Hall–Kier alpha value is -3.81. The molecule has 0 aliphatic heterocycles. The molecule has 0 fully saturated rings. The number of rotatable bonds is 9. The Kier molecular flexibility index (Phi) is 18.5. The highest BCUT2D eigenvalue weighted by Gasteiger charge is 1.95. The van der Waals surface area contributed by atoms with Crippen molar-refractivity contribution in [1.29, 1.82) is 0 Å². The fraction of sp³-hybridized carbons (Fsp3) is 0.333. The van der Waals surface area contributed by atoms with Crippen LogP contribution in [0.3, 0.4) is 0 Å². The first-order valence-electron chi connectivity index (χ1n) is 10.5. The van der Waals surface area contributed by atoms with E-state index in [1.807, 2.05) is 20.8 Å². The lowest BCUT2D eigenvalue weighted by molar-refractivity contribution is 0.0845. The minimum Gasteiger partial charge on any atom is -0.367 e. The molecule has 2 rings (SSSR count). The van der Waals surface area contributed by atoms with E-state index >= 15 is 0 Å². The molecule has 0 aliphatic carbocycles. The van der Waals surface area contributed by atoms with E-state index in [-0.39, 0.29) is 11.9 Å². The van der Waals surface area contributed by atoms with E-state index in [0.29, 0.717) is 29.4 Å². The van der Waals surface area contributed by atoms with Crippen molar-refractivity contribution in [3.8, 4) is 0 Å². The van der Waals surface area contributed by atoms with Gasteiger partial charge < -0.3 is 17.3 Å². The molecule has 14 heteroatoms. The van der Waals surface area contributed by atoms with Crippen LogP contribution in [0.1, 0.15) is 48.2 Å². The van der Waals surface area contributed by atoms with Crippen molar-refractivity contribution in [3.63, 3.8) is 0 Å². The quantitative estimate of drug-likeness (QED) is 0.0826. The summed E-state index contributed by atoms with van der Waals surface area (Å²) in [6.07, 6.45) is 10.5. The smallest absolute Gasteiger partial charge is 0.237 e. The van der Waals surface area contributed by atoms with Crippen LogP contribution in [0.2, 0.25) is 5.02 Å². The van der Waals surface area contributed by atoms with Gasteiger partial charge in [-0.1, -0.05) is 25.4 Å². The summed E-state index contributed by atoms with van der Waals surface area (Å²) >= 11 is 5.87. The van der Waals surface area contributed by atoms with Crippen LogP contribution < -0.4 is 28.3 Å². The lowest BCUT2D eigenvalue weighted by Gasteiger charge is -2.02. The zero-order chi connectivity index (χ0) is 26.3. The van der Waals surface area contributed by atoms with Crippen molar-refractivity contribution in [1.82, 2.24) is 20.9 Å². The minimum atomic E-state index is 0.0832. The Morgan fingerprint density at radius 3 is 2.09 bits per heavy atom. The molecule has 2 aromatic heterocycles. The Balaban J connectivity index is 0.000000543. The molecule has 192 valence electrons. The highest BCUT2D eigenvalue weighted by Crippen LogP contribution is 2.10. The van der Waals surface area contributed by atoms with E-state index in [1.54, 1.807) is 30.7 Å². The highest BCUT2D eigenvalue weighted by molar-refractivity contribution is 6.32. The van der Waals surface area contributed by atoms with E-state index in [0.717, 1.165) is 24.7 Å². The number of aldehydes is 1. The Morgan fingerprint density at radius 1 is 1.03 bits per heavy atom. The number of carbonyl (C=O) groups is 1. The van der Waals surface area contributed by atoms with Crippen LogP contribution in [0.5, 0.6) is 0 Å². The summed E-state index contributed by atoms with van der Waals surface area (Å²) in [5.74, 6) is 4.94. The highest BCUT2D eigenvalue weighted by atomic mass is 35.5. The maximum absolute atomic E-state index is 10.2. The molecule has 0 bridgehead atoms. The maximum Gasteiger partial charge on any atom is 0.237 e. The van der Waals surface area contributed by atoms with Gasteiger partial charge in [-0.25, -0.2) is 11.0 Å². The van der Waals surface area contributed by atoms with Gasteiger partial charge in [-0.3, -0.25) is 24.4 Å². The summed E-state index contributed by atoms with van der Waals surface area (Å²) in [6, 6.07) is 3.42. The predicted octanol–water partition coefficient (Wildman–Crippen LogP) is 1.62. The lowest BCUT2D eigenvalue weighted by atomic mass is 10.2. The largest absolute Gasteiger partial charge is 0.367 e. The molecule has 2 heterocycles. The first-order valence-corrected chi connectivity index (χ1v) is 10.9. The van der Waals surface area contributed by atoms with E-state index in [2.05, 4.69) is 36.2 Å². The van der Waals surface area contributed by atoms with Crippen molar-refractivity contribution in [2.75, 3.05) is 13.2 Å². The number of halogens is 1. The van der Waals surface area contributed by atoms with Crippen LogP contribution in [0, 0.1) is 6.92 Å². The van der Waals surface area contributed by atoms with Gasteiger partial charge in [0, 0.05) is 35.9 Å². The average molecular weight is 509 g/mol. The van der Waals surface area contributed by atoms with Crippen LogP contribution in [0.4, 0.5) is 0 Å². The van der Waals surface area contributed by atoms with E-state index < -0.39 is 0 Å². The number of hydrazone groups is 1. The van der Waals surface area contributed by atoms with Crippen molar-refractivity contribution in [2.45, 2.75) is 33.6 Å². The van der Waals surface area contributed by atoms with Gasteiger partial charge in [0.2, 0.25) is 11.9 Å². The fourth-order valence-electron chi connectivity index (χ4n) is 1.76. The van der Waals surface area contributed by atoms with Crippen molar-refractivity contribution < 1.29 is 14.5 Å². The Morgan fingerprint density at radius 2 is 1.60 bits per heavy atom. The molecule has 0 spiro atoms. The van der Waals surface area contributed by atoms with Gasteiger partial charge in [0.25, 0.3) is 0 Å². The van der Waals surface area contributed by atoms with Gasteiger partial charge >= 0.3 is 0 Å². The van der Waals surface area contributed by atoms with Crippen molar-refractivity contribution in [2.24, 2.45) is 32.6 Å². The second-order valence-corrected chi connectivity index (χ2v) is 6.80. The second kappa shape index (κ2) is 20.8. The fourth-order valence-corrected chi connectivity index (χ4v) is 1.93. The zero-order valence-corrected chi connectivity index (χ0v) is 20.8. The number of guanidine groups is 2. The van der Waals surface area contributed by atoms with Crippen LogP contribution in [-0.4, -0.2) is 47.6 Å². The molecule has 0 aromatic carbocycles. The number of hydroxylamine groups is 2. The topological polar surface area (TPSA) is 201 Å². The summed E-state index contributed by atoms with van der Waals surface area (Å²) in [7, 11) is 0. The first kappa shape index (κ1) is 31.2. The lowest BCUT2D eigenvalue weighted by Crippen LogP contribution is -2.32. The molecular weight excluding hydrogens is 476 g/mol. The van der Waals surface area contributed by atoms with E-state index in [4.69, 9.17) is 38.6 Å². The maximum atomic E-state index is 10.2. The summed E-state index contributed by atoms with van der Waals surface area (Å²) in [4.78, 5) is 27.6. The minimum absolute atomic E-state index is 0.0832. The Bertz CT molecular complexity index is 941. The number of nitrogens with zero attached hydrogens (tertiary/aromatic N) is 5. The third kappa shape index (κ3) is 16.4. The van der Waals surface area contributed by atoms with Gasteiger partial charge in [-0.05, 0) is 37.5 Å². The molecule has 0 unspecified atom stereocenters. The van der Waals surface area contributed by atoms with E-state index in [9.17, 15) is 4.79 Å². The molecule has 0 amide bonds. The van der Waals surface area contributed by atoms with Crippen LogP contribution in [0.25, 0.3) is 0 Å².